The molecule has 100 valence electrons. The van der Waals surface area contributed by atoms with Gasteiger partial charge >= 0.3 is 0 Å². The van der Waals surface area contributed by atoms with Crippen LogP contribution in [0.2, 0.25) is 0 Å². The first-order valence-corrected chi connectivity index (χ1v) is 6.80. The minimum Gasteiger partial charge on any atom is -0.497 e. The molecular formula is C16H24O2. The predicted molar refractivity (Wildman–Crippen MR) is 75.2 cm³/mol. The molecule has 1 rings (SSSR count). The summed E-state index contributed by atoms with van der Waals surface area (Å²) in [5.74, 6) is 1.50. The van der Waals surface area contributed by atoms with Crippen molar-refractivity contribution in [1.82, 2.24) is 0 Å². The van der Waals surface area contributed by atoms with Crippen molar-refractivity contribution in [2.75, 3.05) is 7.11 Å². The molecule has 1 atom stereocenters. The van der Waals surface area contributed by atoms with E-state index < -0.39 is 0 Å². The number of unbranched alkanes of at least 4 members (excludes halogenated alkanes) is 2. The Bertz CT molecular complexity index is 354. The zero-order valence-electron chi connectivity index (χ0n) is 11.7. The van der Waals surface area contributed by atoms with Gasteiger partial charge in [0.2, 0.25) is 0 Å². The van der Waals surface area contributed by atoms with Crippen molar-refractivity contribution >= 4 is 5.78 Å². The first kappa shape index (κ1) is 14.7. The van der Waals surface area contributed by atoms with Crippen molar-refractivity contribution in [2.45, 2.75) is 51.9 Å². The van der Waals surface area contributed by atoms with Gasteiger partial charge in [-0.15, -0.1) is 0 Å². The van der Waals surface area contributed by atoms with Crippen LogP contribution >= 0.6 is 0 Å². The van der Waals surface area contributed by atoms with Gasteiger partial charge in [-0.2, -0.15) is 0 Å². The van der Waals surface area contributed by atoms with Crippen molar-refractivity contribution in [3.8, 4) is 5.75 Å². The molecule has 2 heteroatoms. The molecule has 0 heterocycles. The van der Waals surface area contributed by atoms with Gasteiger partial charge in [-0.25, -0.2) is 0 Å². The number of Topliss-reactive ketones (excluding diaryl/α,β-unsaturated/α-hetero) is 1. The van der Waals surface area contributed by atoms with Crippen molar-refractivity contribution in [3.63, 3.8) is 0 Å². The number of ketones is 1. The Morgan fingerprint density at radius 3 is 2.39 bits per heavy atom. The Hall–Kier alpha value is -1.31. The third-order valence-corrected chi connectivity index (χ3v) is 3.28. The Labute approximate surface area is 110 Å². The van der Waals surface area contributed by atoms with Gasteiger partial charge in [0, 0.05) is 6.42 Å². The molecular weight excluding hydrogens is 224 g/mol. The van der Waals surface area contributed by atoms with Crippen molar-refractivity contribution in [3.05, 3.63) is 29.8 Å². The quantitative estimate of drug-likeness (QED) is 0.640. The topological polar surface area (TPSA) is 26.3 Å². The normalized spacial score (nSPS) is 12.2. The third-order valence-electron chi connectivity index (χ3n) is 3.28. The molecule has 0 saturated heterocycles. The van der Waals surface area contributed by atoms with Crippen molar-refractivity contribution in [1.29, 1.82) is 0 Å². The largest absolute Gasteiger partial charge is 0.497 e. The summed E-state index contributed by atoms with van der Waals surface area (Å²) in [6.07, 6.45) is 5.40. The summed E-state index contributed by atoms with van der Waals surface area (Å²) in [7, 11) is 1.67. The second kappa shape index (κ2) is 7.91. The van der Waals surface area contributed by atoms with E-state index in [-0.39, 0.29) is 5.78 Å². The molecule has 0 radical (unpaired) electrons. The molecule has 0 saturated carbocycles. The molecule has 0 aliphatic rings. The van der Waals surface area contributed by atoms with Crippen LogP contribution < -0.4 is 4.74 Å². The molecule has 0 aromatic heterocycles. The highest BCUT2D eigenvalue weighted by molar-refractivity contribution is 5.76. The maximum Gasteiger partial charge on any atom is 0.130 e. The van der Waals surface area contributed by atoms with Crippen LogP contribution in [0.3, 0.4) is 0 Å². The average Bonchev–Trinajstić information content (AvgIpc) is 2.37. The van der Waals surface area contributed by atoms with Crippen LogP contribution in [0, 0.1) is 0 Å². The van der Waals surface area contributed by atoms with E-state index in [1.54, 1.807) is 14.0 Å². The number of hydrogen-bond acceptors (Lipinski definition) is 2. The molecule has 0 N–H and O–H groups in total. The molecule has 0 bridgehead atoms. The first-order valence-electron chi connectivity index (χ1n) is 6.80. The number of rotatable bonds is 8. The Morgan fingerprint density at radius 2 is 1.89 bits per heavy atom. The fraction of sp³-hybridized carbons (Fsp3) is 0.562. The SMILES string of the molecule is CCCCC[C@@H](CC(C)=O)c1ccc(OC)cc1. The number of hydrogen-bond donors (Lipinski definition) is 0. The van der Waals surface area contributed by atoms with Crippen LogP contribution in [0.15, 0.2) is 24.3 Å². The van der Waals surface area contributed by atoms with Crippen LogP contribution in [0.4, 0.5) is 0 Å². The van der Waals surface area contributed by atoms with Crippen LogP contribution in [0.25, 0.3) is 0 Å². The number of carbonyl (C=O) groups is 1. The third kappa shape index (κ3) is 4.91. The molecule has 0 aliphatic carbocycles. The van der Waals surface area contributed by atoms with Gasteiger partial charge in [0.15, 0.2) is 0 Å². The zero-order chi connectivity index (χ0) is 13.4. The van der Waals surface area contributed by atoms with Gasteiger partial charge in [-0.1, -0.05) is 38.3 Å². The molecule has 0 unspecified atom stereocenters. The van der Waals surface area contributed by atoms with Gasteiger partial charge in [0.1, 0.15) is 11.5 Å². The minimum absolute atomic E-state index is 0.271. The molecule has 1 aromatic rings. The molecule has 0 aliphatic heterocycles. The average molecular weight is 248 g/mol. The lowest BCUT2D eigenvalue weighted by Gasteiger charge is -2.16. The lowest BCUT2D eigenvalue weighted by molar-refractivity contribution is -0.117. The molecule has 0 amide bonds. The molecule has 18 heavy (non-hydrogen) atoms. The summed E-state index contributed by atoms with van der Waals surface area (Å²) in [4.78, 5) is 11.4. The maximum absolute atomic E-state index is 11.4. The molecule has 2 nitrogen and oxygen atoms in total. The van der Waals surface area contributed by atoms with Gasteiger partial charge in [-0.3, -0.25) is 0 Å². The van der Waals surface area contributed by atoms with E-state index in [0.29, 0.717) is 12.3 Å². The van der Waals surface area contributed by atoms with Gasteiger partial charge in [0.25, 0.3) is 0 Å². The van der Waals surface area contributed by atoms with E-state index in [0.717, 1.165) is 12.2 Å². The van der Waals surface area contributed by atoms with Crippen LogP contribution in [0.1, 0.15) is 57.4 Å². The summed E-state index contributed by atoms with van der Waals surface area (Å²) < 4.78 is 5.16. The fourth-order valence-electron chi connectivity index (χ4n) is 2.25. The highest BCUT2D eigenvalue weighted by Gasteiger charge is 2.13. The van der Waals surface area contributed by atoms with Gasteiger partial charge in [0.05, 0.1) is 7.11 Å². The van der Waals surface area contributed by atoms with E-state index in [2.05, 4.69) is 19.1 Å². The van der Waals surface area contributed by atoms with E-state index in [9.17, 15) is 4.79 Å². The first-order chi connectivity index (χ1) is 8.67. The Morgan fingerprint density at radius 1 is 1.22 bits per heavy atom. The monoisotopic (exact) mass is 248 g/mol. The van der Waals surface area contributed by atoms with Crippen LogP contribution in [0.5, 0.6) is 5.75 Å². The second-order valence-electron chi connectivity index (χ2n) is 4.87. The predicted octanol–water partition coefficient (Wildman–Crippen LogP) is 4.34. The lowest BCUT2D eigenvalue weighted by atomic mass is 9.89. The standard InChI is InChI=1S/C16H24O2/c1-4-5-6-7-15(12-13(2)17)14-8-10-16(18-3)11-9-14/h8-11,15H,4-7,12H2,1-3H3/t15-/m0/s1. The van der Waals surface area contributed by atoms with Crippen LogP contribution in [-0.4, -0.2) is 12.9 Å². The Kier molecular flexibility index (Phi) is 6.48. The number of methoxy groups -OCH3 is 1. The summed E-state index contributed by atoms with van der Waals surface area (Å²) in [5, 5.41) is 0. The lowest BCUT2D eigenvalue weighted by Crippen LogP contribution is -2.04. The number of benzene rings is 1. The van der Waals surface area contributed by atoms with Gasteiger partial charge in [-0.05, 0) is 37.0 Å². The van der Waals surface area contributed by atoms with E-state index in [1.165, 1.54) is 24.8 Å². The number of carbonyl (C=O) groups excluding carboxylic acids is 1. The Balaban J connectivity index is 2.69. The van der Waals surface area contributed by atoms with E-state index >= 15 is 0 Å². The van der Waals surface area contributed by atoms with E-state index in [1.807, 2.05) is 12.1 Å². The molecule has 1 aromatic carbocycles. The maximum atomic E-state index is 11.4. The van der Waals surface area contributed by atoms with Crippen molar-refractivity contribution in [2.24, 2.45) is 0 Å². The number of ether oxygens (including phenoxy) is 1. The van der Waals surface area contributed by atoms with Crippen LogP contribution in [-0.2, 0) is 4.79 Å². The summed E-state index contributed by atoms with van der Waals surface area (Å²) in [6.45, 7) is 3.88. The zero-order valence-corrected chi connectivity index (χ0v) is 11.7. The van der Waals surface area contributed by atoms with Crippen molar-refractivity contribution < 1.29 is 9.53 Å². The fourth-order valence-corrected chi connectivity index (χ4v) is 2.25. The summed E-state index contributed by atoms with van der Waals surface area (Å²) in [6, 6.07) is 8.11. The van der Waals surface area contributed by atoms with E-state index in [4.69, 9.17) is 4.74 Å². The second-order valence-corrected chi connectivity index (χ2v) is 4.87. The summed E-state index contributed by atoms with van der Waals surface area (Å²) in [5.41, 5.74) is 1.25. The highest BCUT2D eigenvalue weighted by atomic mass is 16.5. The minimum atomic E-state index is 0.271. The molecule has 0 fully saturated rings. The highest BCUT2D eigenvalue weighted by Crippen LogP contribution is 2.27. The smallest absolute Gasteiger partial charge is 0.130 e. The summed E-state index contributed by atoms with van der Waals surface area (Å²) >= 11 is 0. The van der Waals surface area contributed by atoms with Gasteiger partial charge < -0.3 is 9.53 Å². The molecule has 0 spiro atoms.